The SMILES string of the molecule is Cc1ncn(Cc2cccc3cccnc23)c1C. The number of hydrogen-bond acceptors (Lipinski definition) is 2. The highest BCUT2D eigenvalue weighted by Crippen LogP contribution is 2.18. The number of pyridine rings is 1. The van der Waals surface area contributed by atoms with Crippen LogP contribution in [0, 0.1) is 13.8 Å². The molecule has 0 aliphatic carbocycles. The predicted octanol–water partition coefficient (Wildman–Crippen LogP) is 3.10. The summed E-state index contributed by atoms with van der Waals surface area (Å²) in [5.74, 6) is 0. The van der Waals surface area contributed by atoms with E-state index in [2.05, 4.69) is 45.7 Å². The van der Waals surface area contributed by atoms with Crippen LogP contribution in [0.4, 0.5) is 0 Å². The van der Waals surface area contributed by atoms with Crippen molar-refractivity contribution < 1.29 is 0 Å². The van der Waals surface area contributed by atoms with Gasteiger partial charge in [-0.15, -0.1) is 0 Å². The minimum absolute atomic E-state index is 0.820. The fourth-order valence-corrected chi connectivity index (χ4v) is 2.18. The minimum Gasteiger partial charge on any atom is -0.330 e. The molecule has 0 aliphatic heterocycles. The summed E-state index contributed by atoms with van der Waals surface area (Å²) in [5.41, 5.74) is 4.60. The second-order valence-electron chi connectivity index (χ2n) is 4.54. The Kier molecular flexibility index (Phi) is 2.59. The Morgan fingerprint density at radius 3 is 2.67 bits per heavy atom. The molecule has 0 spiro atoms. The first kappa shape index (κ1) is 11.0. The van der Waals surface area contributed by atoms with Crippen LogP contribution in [-0.4, -0.2) is 14.5 Å². The molecule has 3 nitrogen and oxygen atoms in total. The fraction of sp³-hybridized carbons (Fsp3) is 0.200. The zero-order valence-electron chi connectivity index (χ0n) is 10.6. The normalized spacial score (nSPS) is 11.0. The van der Waals surface area contributed by atoms with Gasteiger partial charge in [0.05, 0.1) is 24.1 Å². The highest BCUT2D eigenvalue weighted by molar-refractivity contribution is 5.81. The Morgan fingerprint density at radius 2 is 1.89 bits per heavy atom. The second-order valence-corrected chi connectivity index (χ2v) is 4.54. The summed E-state index contributed by atoms with van der Waals surface area (Å²) in [6.45, 7) is 4.95. The monoisotopic (exact) mass is 237 g/mol. The van der Waals surface area contributed by atoms with E-state index in [9.17, 15) is 0 Å². The molecule has 0 amide bonds. The lowest BCUT2D eigenvalue weighted by Crippen LogP contribution is -2.01. The van der Waals surface area contributed by atoms with Gasteiger partial charge in [-0.1, -0.05) is 24.3 Å². The summed E-state index contributed by atoms with van der Waals surface area (Å²) < 4.78 is 2.17. The zero-order chi connectivity index (χ0) is 12.5. The first-order valence-electron chi connectivity index (χ1n) is 6.06. The van der Waals surface area contributed by atoms with Gasteiger partial charge in [-0.3, -0.25) is 4.98 Å². The Bertz CT molecular complexity index is 693. The van der Waals surface area contributed by atoms with Crippen molar-refractivity contribution in [2.75, 3.05) is 0 Å². The van der Waals surface area contributed by atoms with Crippen LogP contribution in [0.5, 0.6) is 0 Å². The van der Waals surface area contributed by atoms with Crippen LogP contribution in [0.15, 0.2) is 42.9 Å². The largest absolute Gasteiger partial charge is 0.330 e. The summed E-state index contributed by atoms with van der Waals surface area (Å²) >= 11 is 0. The molecule has 3 rings (SSSR count). The predicted molar refractivity (Wildman–Crippen MR) is 72.5 cm³/mol. The number of hydrogen-bond donors (Lipinski definition) is 0. The summed E-state index contributed by atoms with van der Waals surface area (Å²) in [6.07, 6.45) is 3.74. The number of rotatable bonds is 2. The lowest BCUT2D eigenvalue weighted by molar-refractivity contribution is 0.772. The number of imidazole rings is 1. The van der Waals surface area contributed by atoms with Crippen LogP contribution in [0.2, 0.25) is 0 Å². The van der Waals surface area contributed by atoms with Crippen LogP contribution in [0.1, 0.15) is 17.0 Å². The van der Waals surface area contributed by atoms with Gasteiger partial charge in [0, 0.05) is 17.3 Å². The molecule has 3 heteroatoms. The molecule has 0 saturated heterocycles. The molecule has 1 aromatic carbocycles. The van der Waals surface area contributed by atoms with Gasteiger partial charge in [-0.2, -0.15) is 0 Å². The molecule has 18 heavy (non-hydrogen) atoms. The standard InChI is InChI=1S/C15H15N3/c1-11-12(2)18(10-17-11)9-14-6-3-5-13-7-4-8-16-15(13)14/h3-8,10H,9H2,1-2H3. The van der Waals surface area contributed by atoms with E-state index in [1.165, 1.54) is 16.6 Å². The van der Waals surface area contributed by atoms with Crippen molar-refractivity contribution in [3.8, 4) is 0 Å². The number of aromatic nitrogens is 3. The molecule has 2 aromatic heterocycles. The van der Waals surface area contributed by atoms with Crippen LogP contribution in [-0.2, 0) is 6.54 Å². The van der Waals surface area contributed by atoms with Gasteiger partial charge >= 0.3 is 0 Å². The molecule has 0 aliphatic rings. The van der Waals surface area contributed by atoms with Crippen molar-refractivity contribution in [2.24, 2.45) is 0 Å². The molecule has 3 aromatic rings. The van der Waals surface area contributed by atoms with Crippen molar-refractivity contribution in [1.29, 1.82) is 0 Å². The molecule has 0 radical (unpaired) electrons. The van der Waals surface area contributed by atoms with Gasteiger partial charge in [-0.05, 0) is 25.5 Å². The molecule has 2 heterocycles. The van der Waals surface area contributed by atoms with Crippen molar-refractivity contribution in [3.05, 3.63) is 59.8 Å². The maximum Gasteiger partial charge on any atom is 0.0954 e. The van der Waals surface area contributed by atoms with E-state index in [1.54, 1.807) is 0 Å². The summed E-state index contributed by atoms with van der Waals surface area (Å²) in [5, 5.41) is 1.18. The van der Waals surface area contributed by atoms with Gasteiger partial charge < -0.3 is 4.57 Å². The van der Waals surface area contributed by atoms with E-state index in [-0.39, 0.29) is 0 Å². The smallest absolute Gasteiger partial charge is 0.0954 e. The highest BCUT2D eigenvalue weighted by atomic mass is 15.0. The van der Waals surface area contributed by atoms with E-state index in [0.29, 0.717) is 0 Å². The summed E-state index contributed by atoms with van der Waals surface area (Å²) in [6, 6.07) is 10.4. The van der Waals surface area contributed by atoms with Gasteiger partial charge in [0.15, 0.2) is 0 Å². The number of para-hydroxylation sites is 1. The third-order valence-electron chi connectivity index (χ3n) is 3.40. The molecule has 0 unspecified atom stereocenters. The lowest BCUT2D eigenvalue weighted by atomic mass is 10.1. The summed E-state index contributed by atoms with van der Waals surface area (Å²) in [7, 11) is 0. The van der Waals surface area contributed by atoms with Crippen LogP contribution >= 0.6 is 0 Å². The Labute approximate surface area is 106 Å². The van der Waals surface area contributed by atoms with Gasteiger partial charge in [0.2, 0.25) is 0 Å². The van der Waals surface area contributed by atoms with Gasteiger partial charge in [-0.25, -0.2) is 4.98 Å². The molecule has 0 saturated carbocycles. The van der Waals surface area contributed by atoms with Gasteiger partial charge in [0.25, 0.3) is 0 Å². The quantitative estimate of drug-likeness (QED) is 0.685. The van der Waals surface area contributed by atoms with Crippen molar-refractivity contribution in [1.82, 2.24) is 14.5 Å². The van der Waals surface area contributed by atoms with Crippen molar-refractivity contribution in [2.45, 2.75) is 20.4 Å². The lowest BCUT2D eigenvalue weighted by Gasteiger charge is -2.08. The third-order valence-corrected chi connectivity index (χ3v) is 3.40. The molecule has 0 fully saturated rings. The maximum atomic E-state index is 4.48. The van der Waals surface area contributed by atoms with E-state index in [4.69, 9.17) is 0 Å². The first-order chi connectivity index (χ1) is 8.75. The topological polar surface area (TPSA) is 30.7 Å². The number of benzene rings is 1. The first-order valence-corrected chi connectivity index (χ1v) is 6.06. The number of nitrogens with zero attached hydrogens (tertiary/aromatic N) is 3. The summed E-state index contributed by atoms with van der Waals surface area (Å²) in [4.78, 5) is 8.81. The Hall–Kier alpha value is -2.16. The fourth-order valence-electron chi connectivity index (χ4n) is 2.18. The van der Waals surface area contributed by atoms with Crippen LogP contribution in [0.3, 0.4) is 0 Å². The van der Waals surface area contributed by atoms with Gasteiger partial charge in [0.1, 0.15) is 0 Å². The average molecular weight is 237 g/mol. The molecular weight excluding hydrogens is 222 g/mol. The van der Waals surface area contributed by atoms with Crippen LogP contribution < -0.4 is 0 Å². The number of fused-ring (bicyclic) bond motifs is 1. The van der Waals surface area contributed by atoms with Crippen LogP contribution in [0.25, 0.3) is 10.9 Å². The van der Waals surface area contributed by atoms with E-state index >= 15 is 0 Å². The minimum atomic E-state index is 0.820. The average Bonchev–Trinajstić information content (AvgIpc) is 2.71. The molecule has 0 N–H and O–H groups in total. The van der Waals surface area contributed by atoms with E-state index in [1.807, 2.05) is 25.5 Å². The maximum absolute atomic E-state index is 4.48. The van der Waals surface area contributed by atoms with Crippen molar-refractivity contribution in [3.63, 3.8) is 0 Å². The number of aryl methyl sites for hydroxylation is 1. The molecule has 0 atom stereocenters. The molecule has 0 bridgehead atoms. The highest BCUT2D eigenvalue weighted by Gasteiger charge is 2.06. The van der Waals surface area contributed by atoms with E-state index < -0.39 is 0 Å². The second kappa shape index (κ2) is 4.26. The molecular formula is C15H15N3. The molecule has 90 valence electrons. The zero-order valence-corrected chi connectivity index (χ0v) is 10.6. The Balaban J connectivity index is 2.08. The van der Waals surface area contributed by atoms with Crippen molar-refractivity contribution >= 4 is 10.9 Å². The van der Waals surface area contributed by atoms with E-state index in [0.717, 1.165) is 17.8 Å². The Morgan fingerprint density at radius 1 is 1.06 bits per heavy atom. The third kappa shape index (κ3) is 1.78.